The topological polar surface area (TPSA) is 94.1 Å². The van der Waals surface area contributed by atoms with Crippen molar-refractivity contribution in [1.29, 1.82) is 5.41 Å². The quantitative estimate of drug-likeness (QED) is 0.396. The molecule has 0 fully saturated rings. The second-order valence-corrected chi connectivity index (χ2v) is 2.82. The molecule has 6 nitrogen and oxygen atoms in total. The maximum Gasteiger partial charge on any atom is 0.243 e. The summed E-state index contributed by atoms with van der Waals surface area (Å²) in [6.07, 6.45) is 3.72. The van der Waals surface area contributed by atoms with Crippen LogP contribution in [0.1, 0.15) is 12.1 Å². The molecule has 15 heavy (non-hydrogen) atoms. The van der Waals surface area contributed by atoms with E-state index in [-0.39, 0.29) is 11.5 Å². The Morgan fingerprint density at radius 1 is 1.40 bits per heavy atom. The Labute approximate surface area is 87.9 Å². The third-order valence-corrected chi connectivity index (χ3v) is 1.65. The number of hydrogen-bond acceptors (Lipinski definition) is 5. The summed E-state index contributed by atoms with van der Waals surface area (Å²) in [5, 5.41) is 7.26. The number of nitrogens with two attached hydrogens (primary N) is 1. The van der Waals surface area contributed by atoms with Gasteiger partial charge in [-0.05, 0) is 0 Å². The van der Waals surface area contributed by atoms with Crippen molar-refractivity contribution in [3.05, 3.63) is 18.1 Å². The molecule has 1 heterocycles. The number of nitrogens with zero attached hydrogens (tertiary/aromatic N) is 2. The molecule has 0 saturated heterocycles. The van der Waals surface area contributed by atoms with Crippen molar-refractivity contribution >= 4 is 5.84 Å². The molecule has 0 bridgehead atoms. The second kappa shape index (κ2) is 5.92. The van der Waals surface area contributed by atoms with Crippen LogP contribution in [0.5, 0.6) is 5.88 Å². The lowest BCUT2D eigenvalue weighted by molar-refractivity contribution is 0.170. The lowest BCUT2D eigenvalue weighted by Crippen LogP contribution is -2.16. The molecule has 0 unspecified atom stereocenters. The van der Waals surface area contributed by atoms with Gasteiger partial charge in [0.05, 0.1) is 6.61 Å². The predicted molar refractivity (Wildman–Crippen MR) is 55.0 cm³/mol. The van der Waals surface area contributed by atoms with Gasteiger partial charge in [0, 0.05) is 32.5 Å². The smallest absolute Gasteiger partial charge is 0.243 e. The molecule has 0 aromatic carbocycles. The van der Waals surface area contributed by atoms with E-state index in [1.165, 1.54) is 12.4 Å². The van der Waals surface area contributed by atoms with Gasteiger partial charge in [-0.1, -0.05) is 0 Å². The van der Waals surface area contributed by atoms with Crippen LogP contribution in [0.15, 0.2) is 12.4 Å². The maximum absolute atomic E-state index is 7.26. The molecule has 1 rings (SSSR count). The van der Waals surface area contributed by atoms with Gasteiger partial charge >= 0.3 is 0 Å². The summed E-state index contributed by atoms with van der Waals surface area (Å²) in [5.41, 5.74) is 5.59. The van der Waals surface area contributed by atoms with Gasteiger partial charge in [0.15, 0.2) is 5.69 Å². The number of nitrogen functional groups attached to an aromatic ring is 1. The van der Waals surface area contributed by atoms with Crippen LogP contribution in [-0.2, 0) is 4.74 Å². The molecule has 3 N–H and O–H groups in total. The minimum Gasteiger partial charge on any atom is -0.476 e. The maximum atomic E-state index is 7.26. The number of amidine groups is 1. The fourth-order valence-corrected chi connectivity index (χ4v) is 0.988. The first-order valence-electron chi connectivity index (χ1n) is 4.53. The molecule has 1 aromatic rings. The SMILES string of the molecule is COCCCOc1nccnc1C(=N)N. The highest BCUT2D eigenvalue weighted by molar-refractivity contribution is 5.94. The molecule has 0 amide bonds. The van der Waals surface area contributed by atoms with E-state index in [1.807, 2.05) is 0 Å². The third kappa shape index (κ3) is 3.51. The Kier molecular flexibility index (Phi) is 4.49. The average Bonchev–Trinajstić information content (AvgIpc) is 2.25. The molecule has 0 aliphatic heterocycles. The first-order valence-corrected chi connectivity index (χ1v) is 4.53. The number of aromatic nitrogens is 2. The number of methoxy groups -OCH3 is 1. The van der Waals surface area contributed by atoms with Crippen LogP contribution in [0.4, 0.5) is 0 Å². The Bertz CT molecular complexity index is 330. The number of nitrogens with one attached hydrogen (secondary N) is 1. The summed E-state index contributed by atoms with van der Waals surface area (Å²) in [7, 11) is 1.63. The normalized spacial score (nSPS) is 9.93. The molecule has 6 heteroatoms. The van der Waals surface area contributed by atoms with Crippen LogP contribution >= 0.6 is 0 Å². The number of ether oxygens (including phenoxy) is 2. The highest BCUT2D eigenvalue weighted by Crippen LogP contribution is 2.10. The van der Waals surface area contributed by atoms with Crippen molar-refractivity contribution in [1.82, 2.24) is 9.97 Å². The minimum atomic E-state index is -0.148. The molecule has 82 valence electrons. The van der Waals surface area contributed by atoms with Crippen molar-refractivity contribution in [2.24, 2.45) is 5.73 Å². The zero-order valence-corrected chi connectivity index (χ0v) is 8.56. The lowest BCUT2D eigenvalue weighted by atomic mass is 10.4. The Morgan fingerprint density at radius 2 is 2.13 bits per heavy atom. The van der Waals surface area contributed by atoms with Crippen LogP contribution in [0.3, 0.4) is 0 Å². The summed E-state index contributed by atoms with van der Waals surface area (Å²) in [4.78, 5) is 7.86. The molecule has 0 aliphatic rings. The second-order valence-electron chi connectivity index (χ2n) is 2.82. The highest BCUT2D eigenvalue weighted by atomic mass is 16.5. The van der Waals surface area contributed by atoms with E-state index in [0.29, 0.717) is 19.1 Å². The average molecular weight is 210 g/mol. The van der Waals surface area contributed by atoms with Gasteiger partial charge in [-0.2, -0.15) is 0 Å². The van der Waals surface area contributed by atoms with Gasteiger partial charge in [-0.15, -0.1) is 0 Å². The Balaban J connectivity index is 2.56. The summed E-state index contributed by atoms with van der Waals surface area (Å²) in [6, 6.07) is 0. The van der Waals surface area contributed by atoms with E-state index >= 15 is 0 Å². The van der Waals surface area contributed by atoms with Crippen LogP contribution in [-0.4, -0.2) is 36.1 Å². The molecular formula is C9H14N4O2. The van der Waals surface area contributed by atoms with Crippen molar-refractivity contribution < 1.29 is 9.47 Å². The van der Waals surface area contributed by atoms with Crippen LogP contribution in [0.25, 0.3) is 0 Å². The van der Waals surface area contributed by atoms with Crippen LogP contribution < -0.4 is 10.5 Å². The van der Waals surface area contributed by atoms with Crippen molar-refractivity contribution in [3.8, 4) is 5.88 Å². The zero-order valence-electron chi connectivity index (χ0n) is 8.56. The number of rotatable bonds is 6. The van der Waals surface area contributed by atoms with Gasteiger partial charge in [0.25, 0.3) is 0 Å². The van der Waals surface area contributed by atoms with Crippen LogP contribution in [0.2, 0.25) is 0 Å². The van der Waals surface area contributed by atoms with E-state index < -0.39 is 0 Å². The van der Waals surface area contributed by atoms with Crippen molar-refractivity contribution in [2.75, 3.05) is 20.3 Å². The molecule has 0 radical (unpaired) electrons. The molecule has 1 aromatic heterocycles. The summed E-state index contributed by atoms with van der Waals surface area (Å²) < 4.78 is 10.2. The highest BCUT2D eigenvalue weighted by Gasteiger charge is 2.08. The van der Waals surface area contributed by atoms with E-state index in [2.05, 4.69) is 9.97 Å². The fourth-order valence-electron chi connectivity index (χ4n) is 0.988. The summed E-state index contributed by atoms with van der Waals surface area (Å²) in [5.74, 6) is 0.144. The molecule has 0 atom stereocenters. The molecule has 0 saturated carbocycles. The van der Waals surface area contributed by atoms with Gasteiger partial charge in [0.1, 0.15) is 5.84 Å². The Hall–Kier alpha value is -1.69. The first kappa shape index (κ1) is 11.4. The number of hydrogen-bond donors (Lipinski definition) is 2. The summed E-state index contributed by atoms with van der Waals surface area (Å²) >= 11 is 0. The van der Waals surface area contributed by atoms with E-state index in [0.717, 1.165) is 6.42 Å². The van der Waals surface area contributed by atoms with Gasteiger partial charge in [-0.25, -0.2) is 9.97 Å². The van der Waals surface area contributed by atoms with Crippen LogP contribution in [0, 0.1) is 5.41 Å². The third-order valence-electron chi connectivity index (χ3n) is 1.65. The van der Waals surface area contributed by atoms with Crippen molar-refractivity contribution in [2.45, 2.75) is 6.42 Å². The fraction of sp³-hybridized carbons (Fsp3) is 0.444. The molecule has 0 spiro atoms. The van der Waals surface area contributed by atoms with Crippen molar-refractivity contribution in [3.63, 3.8) is 0 Å². The lowest BCUT2D eigenvalue weighted by Gasteiger charge is -2.07. The molecular weight excluding hydrogens is 196 g/mol. The van der Waals surface area contributed by atoms with Gasteiger partial charge < -0.3 is 15.2 Å². The Morgan fingerprint density at radius 3 is 2.80 bits per heavy atom. The van der Waals surface area contributed by atoms with E-state index in [1.54, 1.807) is 7.11 Å². The minimum absolute atomic E-state index is 0.148. The monoisotopic (exact) mass is 210 g/mol. The van der Waals surface area contributed by atoms with E-state index in [9.17, 15) is 0 Å². The standard InChI is InChI=1S/C9H14N4O2/c1-14-5-2-6-15-9-7(8(10)11)12-3-4-13-9/h3-4H,2,5-6H2,1H3,(H3,10,11). The predicted octanol–water partition coefficient (Wildman–Crippen LogP) is 0.176. The first-order chi connectivity index (χ1) is 7.25. The molecule has 0 aliphatic carbocycles. The zero-order chi connectivity index (χ0) is 11.1. The van der Waals surface area contributed by atoms with Gasteiger partial charge in [0.2, 0.25) is 5.88 Å². The summed E-state index contributed by atoms with van der Waals surface area (Å²) in [6.45, 7) is 1.09. The van der Waals surface area contributed by atoms with E-state index in [4.69, 9.17) is 20.6 Å². The van der Waals surface area contributed by atoms with Gasteiger partial charge in [-0.3, -0.25) is 5.41 Å². The largest absolute Gasteiger partial charge is 0.476 e.